The van der Waals surface area contributed by atoms with Crippen molar-refractivity contribution >= 4 is 21.8 Å². The molecule has 0 spiro atoms. The van der Waals surface area contributed by atoms with E-state index in [1.807, 2.05) is 0 Å². The minimum Gasteiger partial charge on any atom is -0.309 e. The van der Waals surface area contributed by atoms with Crippen LogP contribution in [-0.2, 0) is 0 Å². The third-order valence-electron chi connectivity index (χ3n) is 5.99. The van der Waals surface area contributed by atoms with Crippen LogP contribution in [0.25, 0.3) is 49.7 Å². The average Bonchev–Trinajstić information content (AvgIpc) is 3.18. The normalized spacial score (nSPS) is 11.2. The van der Waals surface area contributed by atoms with Crippen LogP contribution in [0.1, 0.15) is 0 Å². The lowest BCUT2D eigenvalue weighted by Gasteiger charge is -2.09. The Bertz CT molecular complexity index is 1490. The van der Waals surface area contributed by atoms with Gasteiger partial charge in [-0.2, -0.15) is 0 Å². The molecule has 5 aromatic carbocycles. The monoisotopic (exact) mass is 395 g/mol. The highest BCUT2D eigenvalue weighted by atomic mass is 15.0. The molecule has 0 aliphatic rings. The maximum absolute atomic E-state index is 2.38. The number of aromatic nitrogens is 1. The molecule has 0 saturated heterocycles. The second-order valence-corrected chi connectivity index (χ2v) is 7.87. The molecule has 0 N–H and O–H groups in total. The molecule has 0 radical (unpaired) electrons. The van der Waals surface area contributed by atoms with Gasteiger partial charge < -0.3 is 4.57 Å². The van der Waals surface area contributed by atoms with E-state index in [0.29, 0.717) is 0 Å². The van der Waals surface area contributed by atoms with E-state index in [0.717, 1.165) is 0 Å². The van der Waals surface area contributed by atoms with Crippen molar-refractivity contribution in [1.29, 1.82) is 0 Å². The van der Waals surface area contributed by atoms with E-state index >= 15 is 0 Å². The Balaban J connectivity index is 1.67. The molecule has 1 heterocycles. The van der Waals surface area contributed by atoms with Crippen LogP contribution in [0, 0.1) is 0 Å². The third kappa shape index (κ3) is 3.03. The Labute approximate surface area is 181 Å². The number of nitrogens with zero attached hydrogens (tertiary/aromatic N) is 1. The Morgan fingerprint density at radius 3 is 1.55 bits per heavy atom. The van der Waals surface area contributed by atoms with Crippen molar-refractivity contribution in [2.24, 2.45) is 0 Å². The zero-order valence-corrected chi connectivity index (χ0v) is 17.1. The molecule has 6 rings (SSSR count). The molecule has 1 heteroatoms. The molecule has 0 aliphatic heterocycles. The molecular weight excluding hydrogens is 374 g/mol. The molecule has 1 nitrogen and oxygen atoms in total. The molecule has 0 amide bonds. The number of para-hydroxylation sites is 1. The van der Waals surface area contributed by atoms with Gasteiger partial charge in [0, 0.05) is 16.5 Å². The summed E-state index contributed by atoms with van der Waals surface area (Å²) < 4.78 is 2.38. The van der Waals surface area contributed by atoms with E-state index in [4.69, 9.17) is 0 Å². The van der Waals surface area contributed by atoms with Crippen LogP contribution in [0.4, 0.5) is 0 Å². The van der Waals surface area contributed by atoms with Crippen molar-refractivity contribution in [2.75, 3.05) is 0 Å². The zero-order chi connectivity index (χ0) is 20.6. The fourth-order valence-corrected chi connectivity index (χ4v) is 4.50. The van der Waals surface area contributed by atoms with Crippen LogP contribution in [-0.4, -0.2) is 4.57 Å². The molecular formula is C30H21N. The first-order valence-corrected chi connectivity index (χ1v) is 10.6. The minimum absolute atomic E-state index is 1.18. The molecule has 0 fully saturated rings. The van der Waals surface area contributed by atoms with Crippen molar-refractivity contribution in [3.63, 3.8) is 0 Å². The van der Waals surface area contributed by atoms with Crippen LogP contribution in [0.3, 0.4) is 0 Å². The van der Waals surface area contributed by atoms with Gasteiger partial charge in [-0.1, -0.05) is 97.1 Å². The number of hydrogen-bond donors (Lipinski definition) is 0. The van der Waals surface area contributed by atoms with Gasteiger partial charge >= 0.3 is 0 Å². The number of benzene rings is 5. The summed E-state index contributed by atoms with van der Waals surface area (Å²) >= 11 is 0. The topological polar surface area (TPSA) is 4.93 Å². The standard InChI is InChI=1S/C30H21N/c1-4-10-22(11-5-1)24-17-19-29-28(20-24)27-18-16-25(23-12-6-2-7-13-23)21-30(27)31(29)26-14-8-3-9-15-26/h1-21H. The van der Waals surface area contributed by atoms with Gasteiger partial charge in [0.05, 0.1) is 11.0 Å². The molecule has 146 valence electrons. The molecule has 0 unspecified atom stereocenters. The van der Waals surface area contributed by atoms with Crippen LogP contribution < -0.4 is 0 Å². The van der Waals surface area contributed by atoms with Gasteiger partial charge in [-0.15, -0.1) is 0 Å². The first-order chi connectivity index (χ1) is 15.4. The Hall–Kier alpha value is -4.10. The summed E-state index contributed by atoms with van der Waals surface area (Å²) in [6.45, 7) is 0. The lowest BCUT2D eigenvalue weighted by Crippen LogP contribution is -1.93. The van der Waals surface area contributed by atoms with Crippen LogP contribution in [0.2, 0.25) is 0 Å². The van der Waals surface area contributed by atoms with E-state index in [1.54, 1.807) is 0 Å². The van der Waals surface area contributed by atoms with Gasteiger partial charge in [-0.05, 0) is 52.6 Å². The third-order valence-corrected chi connectivity index (χ3v) is 5.99. The Morgan fingerprint density at radius 2 is 0.903 bits per heavy atom. The van der Waals surface area contributed by atoms with E-state index in [9.17, 15) is 0 Å². The fraction of sp³-hybridized carbons (Fsp3) is 0. The smallest absolute Gasteiger partial charge is 0.0547 e. The molecule has 0 bridgehead atoms. The van der Waals surface area contributed by atoms with Gasteiger partial charge in [-0.3, -0.25) is 0 Å². The van der Waals surface area contributed by atoms with Gasteiger partial charge in [0.15, 0.2) is 0 Å². The van der Waals surface area contributed by atoms with Crippen LogP contribution in [0.5, 0.6) is 0 Å². The largest absolute Gasteiger partial charge is 0.309 e. The van der Waals surface area contributed by atoms with Gasteiger partial charge in [-0.25, -0.2) is 0 Å². The predicted molar refractivity (Wildman–Crippen MR) is 132 cm³/mol. The summed E-state index contributed by atoms with van der Waals surface area (Å²) in [4.78, 5) is 0. The number of fused-ring (bicyclic) bond motifs is 3. The summed E-state index contributed by atoms with van der Waals surface area (Å²) in [6.07, 6.45) is 0. The van der Waals surface area contributed by atoms with E-state index in [2.05, 4.69) is 132 Å². The Kier molecular flexibility index (Phi) is 4.18. The first-order valence-electron chi connectivity index (χ1n) is 10.6. The average molecular weight is 396 g/mol. The molecule has 0 saturated carbocycles. The lowest BCUT2D eigenvalue weighted by atomic mass is 10.0. The number of rotatable bonds is 3. The predicted octanol–water partition coefficient (Wildman–Crippen LogP) is 8.12. The van der Waals surface area contributed by atoms with Crippen LogP contribution in [0.15, 0.2) is 127 Å². The molecule has 31 heavy (non-hydrogen) atoms. The molecule has 1 aromatic heterocycles. The maximum atomic E-state index is 2.38. The first kappa shape index (κ1) is 17.7. The molecule has 0 aliphatic carbocycles. The van der Waals surface area contributed by atoms with Crippen molar-refractivity contribution in [3.05, 3.63) is 127 Å². The second-order valence-electron chi connectivity index (χ2n) is 7.87. The summed E-state index contributed by atoms with van der Waals surface area (Å²) in [6, 6.07) is 45.5. The quantitative estimate of drug-likeness (QED) is 0.285. The summed E-state index contributed by atoms with van der Waals surface area (Å²) in [7, 11) is 0. The van der Waals surface area contributed by atoms with E-state index in [1.165, 1.54) is 49.7 Å². The summed E-state index contributed by atoms with van der Waals surface area (Å²) in [5, 5.41) is 2.55. The van der Waals surface area contributed by atoms with Crippen molar-refractivity contribution < 1.29 is 0 Å². The van der Waals surface area contributed by atoms with Gasteiger partial charge in [0.2, 0.25) is 0 Å². The lowest BCUT2D eigenvalue weighted by molar-refractivity contribution is 1.18. The van der Waals surface area contributed by atoms with Crippen LogP contribution >= 0.6 is 0 Å². The Morgan fingerprint density at radius 1 is 0.355 bits per heavy atom. The van der Waals surface area contributed by atoms with Crippen molar-refractivity contribution in [3.8, 4) is 27.9 Å². The minimum atomic E-state index is 1.18. The van der Waals surface area contributed by atoms with Gasteiger partial charge in [0.1, 0.15) is 0 Å². The highest BCUT2D eigenvalue weighted by Crippen LogP contribution is 2.36. The highest BCUT2D eigenvalue weighted by Gasteiger charge is 2.14. The number of hydrogen-bond acceptors (Lipinski definition) is 0. The SMILES string of the molecule is c1ccc(-c2ccc3c(c2)c2ccc(-c4ccccc4)cc2n3-c2ccccc2)cc1. The molecule has 0 atom stereocenters. The molecule has 6 aromatic rings. The fourth-order valence-electron chi connectivity index (χ4n) is 4.50. The zero-order valence-electron chi connectivity index (χ0n) is 17.1. The maximum Gasteiger partial charge on any atom is 0.0547 e. The highest BCUT2D eigenvalue weighted by molar-refractivity contribution is 6.11. The van der Waals surface area contributed by atoms with Crippen molar-refractivity contribution in [2.45, 2.75) is 0 Å². The van der Waals surface area contributed by atoms with Crippen molar-refractivity contribution in [1.82, 2.24) is 4.57 Å². The summed E-state index contributed by atoms with van der Waals surface area (Å²) in [5.74, 6) is 0. The van der Waals surface area contributed by atoms with E-state index in [-0.39, 0.29) is 0 Å². The second kappa shape index (κ2) is 7.30. The van der Waals surface area contributed by atoms with E-state index < -0.39 is 0 Å². The van der Waals surface area contributed by atoms with Gasteiger partial charge in [0.25, 0.3) is 0 Å². The summed E-state index contributed by atoms with van der Waals surface area (Å²) in [5.41, 5.74) is 8.59.